The van der Waals surface area contributed by atoms with E-state index >= 15 is 0 Å². The molecule has 2 rings (SSSR count). The van der Waals surface area contributed by atoms with Crippen molar-refractivity contribution in [2.75, 3.05) is 18.1 Å². The average molecular weight is 396 g/mol. The summed E-state index contributed by atoms with van der Waals surface area (Å²) in [7, 11) is -3.09. The number of hydrogen-bond donors (Lipinski definition) is 2. The van der Waals surface area contributed by atoms with Crippen LogP contribution in [0.2, 0.25) is 0 Å². The van der Waals surface area contributed by atoms with E-state index in [0.29, 0.717) is 12.0 Å². The van der Waals surface area contributed by atoms with Gasteiger partial charge < -0.3 is 15.4 Å². The summed E-state index contributed by atoms with van der Waals surface area (Å²) in [5.74, 6) is -1.55. The average Bonchev–Trinajstić information content (AvgIpc) is 2.89. The van der Waals surface area contributed by atoms with E-state index in [2.05, 4.69) is 10.6 Å². The van der Waals surface area contributed by atoms with Gasteiger partial charge in [-0.15, -0.1) is 0 Å². The molecule has 1 aliphatic rings. The lowest BCUT2D eigenvalue weighted by molar-refractivity contribution is -0.124. The monoisotopic (exact) mass is 396 g/mol. The summed E-state index contributed by atoms with van der Waals surface area (Å²) in [5, 5.41) is 5.35. The van der Waals surface area contributed by atoms with E-state index in [9.17, 15) is 22.8 Å². The SMILES string of the molecule is CC(C)(C)NC(=O)c1ccc(C(=O)OCC(=O)NC2CCS(=O)(=O)C2)cc1. The Morgan fingerprint density at radius 3 is 2.22 bits per heavy atom. The lowest BCUT2D eigenvalue weighted by Crippen LogP contribution is -2.40. The van der Waals surface area contributed by atoms with Crippen molar-refractivity contribution in [2.24, 2.45) is 0 Å². The number of nitrogens with one attached hydrogen (secondary N) is 2. The number of carbonyl (C=O) groups is 3. The molecule has 1 heterocycles. The van der Waals surface area contributed by atoms with Crippen molar-refractivity contribution in [3.8, 4) is 0 Å². The molecule has 0 spiro atoms. The molecule has 9 heteroatoms. The van der Waals surface area contributed by atoms with Gasteiger partial charge in [-0.25, -0.2) is 13.2 Å². The maximum atomic E-state index is 12.0. The molecule has 0 aromatic heterocycles. The molecular weight excluding hydrogens is 372 g/mol. The van der Waals surface area contributed by atoms with Crippen molar-refractivity contribution in [1.29, 1.82) is 0 Å². The van der Waals surface area contributed by atoms with Gasteiger partial charge in [0.05, 0.1) is 17.1 Å². The van der Waals surface area contributed by atoms with Crippen LogP contribution in [0.15, 0.2) is 24.3 Å². The molecule has 2 N–H and O–H groups in total. The molecular formula is C18H24N2O6S. The third-order valence-electron chi connectivity index (χ3n) is 3.80. The first-order valence-electron chi connectivity index (χ1n) is 8.55. The van der Waals surface area contributed by atoms with Gasteiger partial charge in [-0.1, -0.05) is 0 Å². The number of amides is 2. The van der Waals surface area contributed by atoms with Gasteiger partial charge in [0.15, 0.2) is 16.4 Å². The van der Waals surface area contributed by atoms with Crippen LogP contribution in [0.25, 0.3) is 0 Å². The fourth-order valence-corrected chi connectivity index (χ4v) is 4.24. The first kappa shape index (κ1) is 20.9. The van der Waals surface area contributed by atoms with Crippen molar-refractivity contribution in [3.05, 3.63) is 35.4 Å². The van der Waals surface area contributed by atoms with Gasteiger partial charge in [0.25, 0.3) is 11.8 Å². The second-order valence-corrected chi connectivity index (χ2v) is 9.75. The second kappa shape index (κ2) is 8.08. The highest BCUT2D eigenvalue weighted by Gasteiger charge is 2.29. The minimum Gasteiger partial charge on any atom is -0.452 e. The number of rotatable bonds is 5. The lowest BCUT2D eigenvalue weighted by atomic mass is 10.1. The standard InChI is InChI=1S/C18H24N2O6S/c1-18(2,3)20-16(22)12-4-6-13(7-5-12)17(23)26-10-15(21)19-14-8-9-27(24,25)11-14/h4-7,14H,8-11H2,1-3H3,(H,19,21)(H,20,22). The van der Waals surface area contributed by atoms with E-state index in [4.69, 9.17) is 4.74 Å². The van der Waals surface area contributed by atoms with E-state index in [0.717, 1.165) is 0 Å². The smallest absolute Gasteiger partial charge is 0.338 e. The zero-order chi connectivity index (χ0) is 20.2. The number of sulfone groups is 1. The molecule has 1 unspecified atom stereocenters. The van der Waals surface area contributed by atoms with Crippen LogP contribution in [0.5, 0.6) is 0 Å². The van der Waals surface area contributed by atoms with Crippen LogP contribution >= 0.6 is 0 Å². The number of benzene rings is 1. The highest BCUT2D eigenvalue weighted by Crippen LogP contribution is 2.11. The highest BCUT2D eigenvalue weighted by molar-refractivity contribution is 7.91. The van der Waals surface area contributed by atoms with Gasteiger partial charge >= 0.3 is 5.97 Å². The molecule has 0 aliphatic carbocycles. The van der Waals surface area contributed by atoms with Crippen molar-refractivity contribution < 1.29 is 27.5 Å². The molecule has 0 bridgehead atoms. The molecule has 27 heavy (non-hydrogen) atoms. The predicted molar refractivity (Wildman–Crippen MR) is 99.1 cm³/mol. The first-order chi connectivity index (χ1) is 12.5. The summed E-state index contributed by atoms with van der Waals surface area (Å²) in [6, 6.07) is 5.45. The van der Waals surface area contributed by atoms with Crippen molar-refractivity contribution in [2.45, 2.75) is 38.8 Å². The van der Waals surface area contributed by atoms with Crippen LogP contribution in [0.4, 0.5) is 0 Å². The van der Waals surface area contributed by atoms with Crippen LogP contribution in [0.1, 0.15) is 47.9 Å². The first-order valence-corrected chi connectivity index (χ1v) is 10.4. The fourth-order valence-electron chi connectivity index (χ4n) is 2.56. The summed E-state index contributed by atoms with van der Waals surface area (Å²) in [5.41, 5.74) is 0.237. The van der Waals surface area contributed by atoms with E-state index in [1.54, 1.807) is 0 Å². The third-order valence-corrected chi connectivity index (χ3v) is 5.57. The zero-order valence-electron chi connectivity index (χ0n) is 15.6. The van der Waals surface area contributed by atoms with E-state index in [-0.39, 0.29) is 28.5 Å². The normalized spacial score (nSPS) is 18.6. The Morgan fingerprint density at radius 1 is 1.11 bits per heavy atom. The van der Waals surface area contributed by atoms with Crippen LogP contribution in [0, 0.1) is 0 Å². The third kappa shape index (κ3) is 6.67. The molecule has 1 aromatic rings. The molecule has 148 valence electrons. The van der Waals surface area contributed by atoms with Crippen molar-refractivity contribution in [1.82, 2.24) is 10.6 Å². The molecule has 0 saturated carbocycles. The fraction of sp³-hybridized carbons (Fsp3) is 0.500. The number of esters is 1. The number of carbonyl (C=O) groups excluding carboxylic acids is 3. The number of hydrogen-bond acceptors (Lipinski definition) is 6. The predicted octanol–water partition coefficient (Wildman–Crippen LogP) is 0.675. The van der Waals surface area contributed by atoms with Gasteiger partial charge in [-0.3, -0.25) is 9.59 Å². The molecule has 0 radical (unpaired) electrons. The second-order valence-electron chi connectivity index (χ2n) is 7.53. The lowest BCUT2D eigenvalue weighted by Gasteiger charge is -2.20. The van der Waals surface area contributed by atoms with E-state index in [1.165, 1.54) is 24.3 Å². The van der Waals surface area contributed by atoms with Gasteiger partial charge in [0.2, 0.25) is 0 Å². The van der Waals surface area contributed by atoms with Gasteiger partial charge in [-0.05, 0) is 51.5 Å². The Morgan fingerprint density at radius 2 is 1.70 bits per heavy atom. The van der Waals surface area contributed by atoms with Gasteiger partial charge in [-0.2, -0.15) is 0 Å². The largest absolute Gasteiger partial charge is 0.452 e. The maximum absolute atomic E-state index is 12.0. The van der Waals surface area contributed by atoms with Gasteiger partial charge in [0, 0.05) is 17.1 Å². The summed E-state index contributed by atoms with van der Waals surface area (Å²) in [4.78, 5) is 35.8. The molecule has 1 saturated heterocycles. The molecule has 8 nitrogen and oxygen atoms in total. The van der Waals surface area contributed by atoms with E-state index < -0.39 is 34.4 Å². The quantitative estimate of drug-likeness (QED) is 0.707. The Labute approximate surface area is 158 Å². The molecule has 1 aliphatic heterocycles. The molecule has 2 amide bonds. The minimum absolute atomic E-state index is 0.0485. The Kier molecular flexibility index (Phi) is 6.25. The van der Waals surface area contributed by atoms with Gasteiger partial charge in [0.1, 0.15) is 0 Å². The van der Waals surface area contributed by atoms with Crippen LogP contribution in [0.3, 0.4) is 0 Å². The summed E-state index contributed by atoms with van der Waals surface area (Å²) in [6.45, 7) is 5.09. The topological polar surface area (TPSA) is 119 Å². The summed E-state index contributed by atoms with van der Waals surface area (Å²) in [6.07, 6.45) is 0.361. The number of ether oxygens (including phenoxy) is 1. The zero-order valence-corrected chi connectivity index (χ0v) is 16.4. The molecule has 1 atom stereocenters. The molecule has 1 fully saturated rings. The van der Waals surface area contributed by atoms with Crippen molar-refractivity contribution >= 4 is 27.6 Å². The Bertz CT molecular complexity index is 824. The van der Waals surface area contributed by atoms with Crippen molar-refractivity contribution in [3.63, 3.8) is 0 Å². The molecule has 1 aromatic carbocycles. The maximum Gasteiger partial charge on any atom is 0.338 e. The van der Waals surface area contributed by atoms with E-state index in [1.807, 2.05) is 20.8 Å². The van der Waals surface area contributed by atoms with Crippen LogP contribution < -0.4 is 10.6 Å². The van der Waals surface area contributed by atoms with Crippen LogP contribution in [-0.2, 0) is 19.4 Å². The summed E-state index contributed by atoms with van der Waals surface area (Å²) >= 11 is 0. The Hall–Kier alpha value is -2.42. The summed E-state index contributed by atoms with van der Waals surface area (Å²) < 4.78 is 27.7. The minimum atomic E-state index is -3.09. The highest BCUT2D eigenvalue weighted by atomic mass is 32.2. The van der Waals surface area contributed by atoms with Crippen LogP contribution in [-0.4, -0.2) is 55.9 Å². The Balaban J connectivity index is 1.83.